The van der Waals surface area contributed by atoms with Crippen LogP contribution in [-0.4, -0.2) is 17.3 Å². The van der Waals surface area contributed by atoms with E-state index >= 15 is 0 Å². The number of rotatable bonds is 0. The fourth-order valence-corrected chi connectivity index (χ4v) is 0.617. The second kappa shape index (κ2) is 2.33. The molecule has 0 bridgehead atoms. The molecule has 0 saturated heterocycles. The number of hydrogen-bond acceptors (Lipinski definition) is 3. The van der Waals surface area contributed by atoms with Gasteiger partial charge in [0.15, 0.2) is 12.0 Å². The van der Waals surface area contributed by atoms with Gasteiger partial charge < -0.3 is 5.32 Å². The Hall–Kier alpha value is -0.280. The molecule has 1 atom stereocenters. The highest BCUT2D eigenvalue weighted by molar-refractivity contribution is 6.65. The van der Waals surface area contributed by atoms with E-state index in [1.165, 1.54) is 0 Å². The van der Waals surface area contributed by atoms with Crippen molar-refractivity contribution in [3.8, 4) is 0 Å². The minimum atomic E-state index is -0.514. The molecule has 3 nitrogen and oxygen atoms in total. The largest absolute Gasteiger partial charge is 0.333 e. The highest BCUT2D eigenvalue weighted by Gasteiger charge is 2.03. The van der Waals surface area contributed by atoms with E-state index in [1.807, 2.05) is 0 Å². The van der Waals surface area contributed by atoms with E-state index in [-0.39, 0.29) is 5.29 Å². The monoisotopic (exact) mass is 150 g/mol. The Morgan fingerprint density at radius 3 is 2.88 bits per heavy atom. The van der Waals surface area contributed by atoms with Gasteiger partial charge >= 0.3 is 0 Å². The van der Waals surface area contributed by atoms with Crippen molar-refractivity contribution in [2.24, 2.45) is 9.98 Å². The maximum Gasteiger partial charge on any atom is 0.222 e. The molecule has 1 N–H and O–H groups in total. The Bertz CT molecular complexity index is 141. The minimum Gasteiger partial charge on any atom is -0.333 e. The number of aliphatic imine (C=N–C) groups is 2. The summed E-state index contributed by atoms with van der Waals surface area (Å²) in [6.45, 7) is 0. The number of nitrogens with one attached hydrogen (secondary N) is 1. The maximum absolute atomic E-state index is 5.41. The van der Waals surface area contributed by atoms with Gasteiger partial charge in [-0.25, -0.2) is 4.99 Å². The van der Waals surface area contributed by atoms with Gasteiger partial charge in [-0.2, -0.15) is 4.99 Å². The van der Waals surface area contributed by atoms with E-state index in [9.17, 15) is 0 Å². The predicted octanol–water partition coefficient (Wildman–Crippen LogP) is 0.612. The average Bonchev–Trinajstić information content (AvgIpc) is 1.64. The van der Waals surface area contributed by atoms with Crippen molar-refractivity contribution in [1.82, 2.24) is 5.32 Å². The quantitative estimate of drug-likeness (QED) is 0.399. The van der Waals surface area contributed by atoms with Gasteiger partial charge in [-0.3, -0.25) is 0 Å². The van der Waals surface area contributed by atoms with Crippen LogP contribution in [-0.2, 0) is 0 Å². The summed E-state index contributed by atoms with van der Waals surface area (Å²) in [6.07, 6.45) is 2.36. The fraction of sp³-hybridized carbons (Fsp3) is 0.333. The Balaban J connectivity index is 2.63. The second-order valence-corrected chi connectivity index (χ2v) is 1.85. The van der Waals surface area contributed by atoms with Crippen molar-refractivity contribution in [3.05, 3.63) is 0 Å². The number of hydrogen-bond donors (Lipinski definition) is 1. The first-order chi connectivity index (χ1) is 3.79. The Morgan fingerprint density at radius 2 is 2.50 bits per heavy atom. The molecule has 1 unspecified atom stereocenters. The predicted molar refractivity (Wildman–Crippen MR) is 33.5 cm³/mol. The zero-order valence-electron chi connectivity index (χ0n) is 3.73. The highest BCUT2D eigenvalue weighted by Crippen LogP contribution is 1.99. The molecule has 1 aliphatic rings. The van der Waals surface area contributed by atoms with E-state index in [0.717, 1.165) is 0 Å². The topological polar surface area (TPSA) is 36.8 Å². The molecule has 0 aliphatic carbocycles. The van der Waals surface area contributed by atoms with E-state index in [1.54, 1.807) is 0 Å². The van der Waals surface area contributed by atoms with Crippen molar-refractivity contribution in [2.45, 2.75) is 5.62 Å². The zero-order valence-corrected chi connectivity index (χ0v) is 5.24. The van der Waals surface area contributed by atoms with Crippen molar-refractivity contribution in [2.75, 3.05) is 0 Å². The van der Waals surface area contributed by atoms with Crippen LogP contribution in [0.1, 0.15) is 0 Å². The average molecular weight is 151 g/mol. The van der Waals surface area contributed by atoms with Gasteiger partial charge in [0.05, 0.1) is 0 Å². The Morgan fingerprint density at radius 1 is 1.75 bits per heavy atom. The van der Waals surface area contributed by atoms with Crippen LogP contribution in [0.25, 0.3) is 0 Å². The third-order valence-electron chi connectivity index (χ3n) is 0.552. The fourth-order valence-electron chi connectivity index (χ4n) is 0.286. The summed E-state index contributed by atoms with van der Waals surface area (Å²) in [4.78, 5) is 7.04. The molecule has 0 saturated carbocycles. The highest BCUT2D eigenvalue weighted by atomic mass is 35.5. The lowest BCUT2D eigenvalue weighted by atomic mass is 10.9. The molecule has 0 aromatic heterocycles. The lowest BCUT2D eigenvalue weighted by Gasteiger charge is -2.04. The summed E-state index contributed by atoms with van der Waals surface area (Å²) in [5.74, 6) is 0. The molecule has 0 spiro atoms. The molecule has 1 rings (SSSR count). The van der Waals surface area contributed by atoms with Gasteiger partial charge in [0.25, 0.3) is 0 Å². The van der Waals surface area contributed by atoms with E-state index in [2.05, 4.69) is 21.6 Å². The Kier molecular flexibility index (Phi) is 1.70. The molecular formula is C3H2Cl2N3. The molecule has 0 fully saturated rings. The standard InChI is InChI=1S/C3H2Cl2N3/c4-2-6-1-7-3(5)8-2/h2H,(H,6,7,8). The van der Waals surface area contributed by atoms with Crippen LogP contribution >= 0.6 is 23.2 Å². The van der Waals surface area contributed by atoms with Crippen LogP contribution in [0, 0.1) is 0 Å². The van der Waals surface area contributed by atoms with Crippen molar-refractivity contribution in [1.29, 1.82) is 0 Å². The first-order valence-corrected chi connectivity index (χ1v) is 2.69. The number of amidine groups is 1. The molecule has 43 valence electrons. The number of halogens is 2. The van der Waals surface area contributed by atoms with Crippen LogP contribution < -0.4 is 5.32 Å². The summed E-state index contributed by atoms with van der Waals surface area (Å²) in [6, 6.07) is 0. The maximum atomic E-state index is 5.41. The van der Waals surface area contributed by atoms with Crippen LogP contribution in [0.4, 0.5) is 0 Å². The van der Waals surface area contributed by atoms with Crippen molar-refractivity contribution < 1.29 is 0 Å². The van der Waals surface area contributed by atoms with Crippen LogP contribution in [0.15, 0.2) is 9.98 Å². The van der Waals surface area contributed by atoms with Gasteiger partial charge in [-0.15, -0.1) is 0 Å². The molecule has 0 amide bonds. The third kappa shape index (κ3) is 1.35. The Labute approximate surface area is 56.4 Å². The molecule has 1 radical (unpaired) electrons. The van der Waals surface area contributed by atoms with Crippen LogP contribution in [0.3, 0.4) is 0 Å². The van der Waals surface area contributed by atoms with E-state index in [0.29, 0.717) is 0 Å². The molecule has 1 heterocycles. The van der Waals surface area contributed by atoms with E-state index < -0.39 is 5.62 Å². The molecular weight excluding hydrogens is 149 g/mol. The van der Waals surface area contributed by atoms with E-state index in [4.69, 9.17) is 23.2 Å². The minimum absolute atomic E-state index is 0.128. The summed E-state index contributed by atoms with van der Waals surface area (Å²) in [5, 5.41) is 2.62. The molecule has 0 aromatic carbocycles. The first-order valence-electron chi connectivity index (χ1n) is 1.87. The summed E-state index contributed by atoms with van der Waals surface area (Å²) < 4.78 is 0. The SMILES string of the molecule is ClC1=NC(Cl)N[C]=N1. The number of alkyl halides is 1. The number of nitrogens with zero attached hydrogens (tertiary/aromatic N) is 2. The van der Waals surface area contributed by atoms with Crippen molar-refractivity contribution >= 4 is 34.8 Å². The lowest BCUT2D eigenvalue weighted by molar-refractivity contribution is 0.851. The summed E-state index contributed by atoms with van der Waals surface area (Å²) in [7, 11) is 0. The third-order valence-corrected chi connectivity index (χ3v) is 0.940. The van der Waals surface area contributed by atoms with Gasteiger partial charge in [0.1, 0.15) is 0 Å². The molecule has 8 heavy (non-hydrogen) atoms. The first kappa shape index (κ1) is 5.85. The molecule has 1 aliphatic heterocycles. The summed E-state index contributed by atoms with van der Waals surface area (Å²) in [5.41, 5.74) is -0.514. The lowest BCUT2D eigenvalue weighted by Crippen LogP contribution is -2.24. The van der Waals surface area contributed by atoms with Crippen LogP contribution in [0.5, 0.6) is 0 Å². The molecule has 0 aromatic rings. The smallest absolute Gasteiger partial charge is 0.222 e. The van der Waals surface area contributed by atoms with Gasteiger partial charge in [0.2, 0.25) is 5.29 Å². The second-order valence-electron chi connectivity index (χ2n) is 1.10. The van der Waals surface area contributed by atoms with Crippen molar-refractivity contribution in [3.63, 3.8) is 0 Å². The van der Waals surface area contributed by atoms with Gasteiger partial charge in [0, 0.05) is 0 Å². The zero-order chi connectivity index (χ0) is 5.98. The van der Waals surface area contributed by atoms with Crippen LogP contribution in [0.2, 0.25) is 0 Å². The van der Waals surface area contributed by atoms with Gasteiger partial charge in [-0.05, 0) is 11.6 Å². The normalized spacial score (nSPS) is 26.8. The van der Waals surface area contributed by atoms with Gasteiger partial charge in [-0.1, -0.05) is 11.6 Å². The molecule has 5 heteroatoms. The summed E-state index contributed by atoms with van der Waals surface area (Å²) >= 11 is 10.7.